The molecule has 2 aromatic heterocycles. The second-order valence-corrected chi connectivity index (χ2v) is 6.12. The van der Waals surface area contributed by atoms with E-state index in [1.54, 1.807) is 0 Å². The summed E-state index contributed by atoms with van der Waals surface area (Å²) in [5, 5.41) is 2.82. The number of ether oxygens (including phenoxy) is 1. The quantitative estimate of drug-likeness (QED) is 0.847. The van der Waals surface area contributed by atoms with Crippen molar-refractivity contribution >= 4 is 33.2 Å². The van der Waals surface area contributed by atoms with Crippen LogP contribution in [0.25, 0.3) is 5.52 Å². The normalized spacial score (nSPS) is 11.6. The molecule has 0 spiro atoms. The molecule has 0 fully saturated rings. The van der Waals surface area contributed by atoms with E-state index >= 15 is 0 Å². The third-order valence-electron chi connectivity index (χ3n) is 2.64. The molecule has 0 atom stereocenters. The molecule has 0 radical (unpaired) electrons. The Hall–Kier alpha value is -1.49. The van der Waals surface area contributed by atoms with E-state index in [0.717, 1.165) is 21.4 Å². The zero-order valence-corrected chi connectivity index (χ0v) is 13.0. The van der Waals surface area contributed by atoms with Gasteiger partial charge in [-0.15, -0.1) is 0 Å². The standard InChI is InChI=1S/C14H17BrN2O2/c1-9-11(16-13(18)19-14(2,3)4)10-7-5-6-8-17(10)12(9)15/h5-8H,1-4H3,(H,16,18). The molecular weight excluding hydrogens is 308 g/mol. The highest BCUT2D eigenvalue weighted by atomic mass is 79.9. The van der Waals surface area contributed by atoms with E-state index in [2.05, 4.69) is 21.2 Å². The minimum atomic E-state index is -0.509. The number of carbonyl (C=O) groups excluding carboxylic acids is 1. The number of anilines is 1. The van der Waals surface area contributed by atoms with Crippen LogP contribution in [0.4, 0.5) is 10.5 Å². The van der Waals surface area contributed by atoms with E-state index in [1.165, 1.54) is 0 Å². The predicted octanol–water partition coefficient (Wildman–Crippen LogP) is 4.36. The van der Waals surface area contributed by atoms with E-state index < -0.39 is 11.7 Å². The maximum atomic E-state index is 11.9. The fourth-order valence-corrected chi connectivity index (χ4v) is 2.36. The van der Waals surface area contributed by atoms with Gasteiger partial charge in [0.25, 0.3) is 0 Å². The molecule has 2 rings (SSSR count). The minimum absolute atomic E-state index is 0.445. The lowest BCUT2D eigenvalue weighted by Crippen LogP contribution is -2.27. The SMILES string of the molecule is Cc1c(NC(=O)OC(C)(C)C)c2ccccn2c1Br. The first kappa shape index (κ1) is 13.9. The van der Waals surface area contributed by atoms with Gasteiger partial charge in [0.2, 0.25) is 0 Å². The molecule has 1 amide bonds. The van der Waals surface area contributed by atoms with Gasteiger partial charge in [-0.3, -0.25) is 5.32 Å². The second-order valence-electron chi connectivity index (χ2n) is 5.37. The van der Waals surface area contributed by atoms with Gasteiger partial charge in [0.1, 0.15) is 5.60 Å². The van der Waals surface area contributed by atoms with Crippen LogP contribution in [0.3, 0.4) is 0 Å². The largest absolute Gasteiger partial charge is 0.444 e. The summed E-state index contributed by atoms with van der Waals surface area (Å²) < 4.78 is 8.18. The fraction of sp³-hybridized carbons (Fsp3) is 0.357. The van der Waals surface area contributed by atoms with Gasteiger partial charge in [-0.25, -0.2) is 4.79 Å². The summed E-state index contributed by atoms with van der Waals surface area (Å²) >= 11 is 3.52. The van der Waals surface area contributed by atoms with Gasteiger partial charge >= 0.3 is 6.09 Å². The van der Waals surface area contributed by atoms with Crippen molar-refractivity contribution in [3.63, 3.8) is 0 Å². The van der Waals surface area contributed by atoms with Crippen molar-refractivity contribution in [1.82, 2.24) is 4.40 Å². The van der Waals surface area contributed by atoms with Crippen molar-refractivity contribution in [2.75, 3.05) is 5.32 Å². The Morgan fingerprint density at radius 2 is 2.05 bits per heavy atom. The van der Waals surface area contributed by atoms with E-state index in [0.29, 0.717) is 0 Å². The number of carbonyl (C=O) groups is 1. The van der Waals surface area contributed by atoms with Crippen LogP contribution in [0.2, 0.25) is 0 Å². The van der Waals surface area contributed by atoms with Gasteiger partial charge in [-0.1, -0.05) is 6.07 Å². The van der Waals surface area contributed by atoms with Crippen molar-refractivity contribution in [2.45, 2.75) is 33.3 Å². The summed E-state index contributed by atoms with van der Waals surface area (Å²) in [7, 11) is 0. The first-order chi connectivity index (χ1) is 8.79. The smallest absolute Gasteiger partial charge is 0.412 e. The number of fused-ring (bicyclic) bond motifs is 1. The molecule has 4 nitrogen and oxygen atoms in total. The summed E-state index contributed by atoms with van der Waals surface area (Å²) in [5.41, 5.74) is 2.15. The van der Waals surface area contributed by atoms with Gasteiger partial charge < -0.3 is 9.14 Å². The van der Waals surface area contributed by atoms with Crippen molar-refractivity contribution in [2.24, 2.45) is 0 Å². The average Bonchev–Trinajstić information content (AvgIpc) is 2.53. The number of pyridine rings is 1. The van der Waals surface area contributed by atoms with Crippen LogP contribution in [-0.4, -0.2) is 16.1 Å². The molecule has 19 heavy (non-hydrogen) atoms. The summed E-state index contributed by atoms with van der Waals surface area (Å²) in [6, 6.07) is 5.82. The molecule has 0 aliphatic heterocycles. The van der Waals surface area contributed by atoms with E-state index in [-0.39, 0.29) is 0 Å². The summed E-state index contributed by atoms with van der Waals surface area (Å²) in [6.45, 7) is 7.47. The number of aromatic nitrogens is 1. The van der Waals surface area contributed by atoms with Crippen LogP contribution >= 0.6 is 15.9 Å². The third-order valence-corrected chi connectivity index (χ3v) is 3.61. The first-order valence-electron chi connectivity index (χ1n) is 6.05. The molecule has 102 valence electrons. The number of nitrogens with one attached hydrogen (secondary N) is 1. The Bertz CT molecular complexity index is 626. The molecule has 0 aliphatic rings. The maximum Gasteiger partial charge on any atom is 0.412 e. The molecular formula is C14H17BrN2O2. The van der Waals surface area contributed by atoms with Crippen LogP contribution in [0, 0.1) is 6.92 Å². The van der Waals surface area contributed by atoms with Crippen LogP contribution < -0.4 is 5.32 Å². The Labute approximate surface area is 120 Å². The van der Waals surface area contributed by atoms with Gasteiger partial charge in [0.15, 0.2) is 0 Å². The van der Waals surface area contributed by atoms with Gasteiger partial charge in [-0.05, 0) is 55.8 Å². The highest BCUT2D eigenvalue weighted by Crippen LogP contribution is 2.32. The Kier molecular flexibility index (Phi) is 3.58. The highest BCUT2D eigenvalue weighted by molar-refractivity contribution is 9.10. The van der Waals surface area contributed by atoms with Gasteiger partial charge in [0.05, 0.1) is 15.8 Å². The van der Waals surface area contributed by atoms with Crippen molar-refractivity contribution in [1.29, 1.82) is 0 Å². The Morgan fingerprint density at radius 3 is 2.68 bits per heavy atom. The second kappa shape index (κ2) is 4.89. The lowest BCUT2D eigenvalue weighted by molar-refractivity contribution is 0.0636. The minimum Gasteiger partial charge on any atom is -0.444 e. The third kappa shape index (κ3) is 2.92. The zero-order valence-electron chi connectivity index (χ0n) is 11.5. The highest BCUT2D eigenvalue weighted by Gasteiger charge is 2.19. The van der Waals surface area contributed by atoms with Crippen LogP contribution in [0.1, 0.15) is 26.3 Å². The lowest BCUT2D eigenvalue weighted by Gasteiger charge is -2.19. The lowest BCUT2D eigenvalue weighted by atomic mass is 10.2. The van der Waals surface area contributed by atoms with E-state index in [4.69, 9.17) is 4.74 Å². The topological polar surface area (TPSA) is 42.7 Å². The molecule has 0 aliphatic carbocycles. The molecule has 0 saturated carbocycles. The average molecular weight is 325 g/mol. The number of halogens is 1. The first-order valence-corrected chi connectivity index (χ1v) is 6.84. The molecule has 2 aromatic rings. The summed E-state index contributed by atoms with van der Waals surface area (Å²) in [6.07, 6.45) is 1.49. The van der Waals surface area contributed by atoms with Gasteiger partial charge in [-0.2, -0.15) is 0 Å². The van der Waals surface area contributed by atoms with Crippen molar-refractivity contribution in [3.8, 4) is 0 Å². The predicted molar refractivity (Wildman–Crippen MR) is 79.7 cm³/mol. The molecule has 2 heterocycles. The monoisotopic (exact) mass is 324 g/mol. The van der Waals surface area contributed by atoms with Crippen LogP contribution in [0.5, 0.6) is 0 Å². The zero-order chi connectivity index (χ0) is 14.2. The number of rotatable bonds is 1. The fourth-order valence-electron chi connectivity index (χ4n) is 1.86. The summed E-state index contributed by atoms with van der Waals surface area (Å²) in [5.74, 6) is 0. The van der Waals surface area contributed by atoms with Crippen LogP contribution in [0.15, 0.2) is 29.0 Å². The number of hydrogen-bond acceptors (Lipinski definition) is 2. The molecule has 0 saturated heterocycles. The summed E-state index contributed by atoms with van der Waals surface area (Å²) in [4.78, 5) is 11.9. The van der Waals surface area contributed by atoms with E-state index in [9.17, 15) is 4.79 Å². The van der Waals surface area contributed by atoms with Crippen molar-refractivity contribution < 1.29 is 9.53 Å². The van der Waals surface area contributed by atoms with Gasteiger partial charge in [0, 0.05) is 11.8 Å². The number of amides is 1. The Balaban J connectivity index is 2.36. The number of hydrogen-bond donors (Lipinski definition) is 1. The number of nitrogens with zero attached hydrogens (tertiary/aromatic N) is 1. The van der Waals surface area contributed by atoms with Crippen LogP contribution in [-0.2, 0) is 4.74 Å². The molecule has 1 N–H and O–H groups in total. The maximum absolute atomic E-state index is 11.9. The molecule has 0 unspecified atom stereocenters. The Morgan fingerprint density at radius 1 is 1.37 bits per heavy atom. The van der Waals surface area contributed by atoms with Crippen molar-refractivity contribution in [3.05, 3.63) is 34.6 Å². The molecule has 5 heteroatoms. The molecule has 0 aromatic carbocycles. The van der Waals surface area contributed by atoms with E-state index in [1.807, 2.05) is 56.5 Å². The molecule has 0 bridgehead atoms.